The molecule has 0 spiro atoms. The molecule has 1 saturated heterocycles. The Morgan fingerprint density at radius 3 is 3.12 bits per heavy atom. The predicted molar refractivity (Wildman–Crippen MR) is 71.9 cm³/mol. The van der Waals surface area contributed by atoms with E-state index in [-0.39, 0.29) is 0 Å². The summed E-state index contributed by atoms with van der Waals surface area (Å²) in [7, 11) is -0.961. The van der Waals surface area contributed by atoms with E-state index in [9.17, 15) is 4.21 Å². The summed E-state index contributed by atoms with van der Waals surface area (Å²) in [6, 6.07) is 8.36. The minimum Gasteiger partial charge on any atom is -0.313 e. The fraction of sp³-hybridized carbons (Fsp3) is 0.417. The first-order chi connectivity index (χ1) is 8.33. The van der Waals surface area contributed by atoms with Gasteiger partial charge in [-0.1, -0.05) is 12.1 Å². The maximum Gasteiger partial charge on any atom is 0.181 e. The van der Waals surface area contributed by atoms with Crippen LogP contribution in [0.5, 0.6) is 0 Å². The Bertz CT molecular complexity index is 513. The largest absolute Gasteiger partial charge is 0.313 e. The van der Waals surface area contributed by atoms with Crippen LogP contribution in [-0.4, -0.2) is 27.5 Å². The van der Waals surface area contributed by atoms with Crippen molar-refractivity contribution in [2.45, 2.75) is 23.2 Å². The highest BCUT2D eigenvalue weighted by atomic mass is 32.2. The number of nitrogens with zero attached hydrogens (tertiary/aromatic N) is 1. The average molecular weight is 266 g/mol. The second kappa shape index (κ2) is 4.84. The summed E-state index contributed by atoms with van der Waals surface area (Å²) in [5.41, 5.74) is 0.959. The zero-order valence-electron chi connectivity index (χ0n) is 9.39. The van der Waals surface area contributed by atoms with Gasteiger partial charge in [-0.25, -0.2) is 4.98 Å². The summed E-state index contributed by atoms with van der Waals surface area (Å²) in [5.74, 6) is 0.694. The standard InChI is InChI=1S/C12H14N2OS2/c15-17(8-9-4-3-7-13-9)12-14-10-5-1-2-6-11(10)16-12/h1-2,5-6,9,13H,3-4,7-8H2/t9-,17-/m1/s1. The van der Waals surface area contributed by atoms with Gasteiger partial charge >= 0.3 is 0 Å². The molecule has 3 rings (SSSR count). The van der Waals surface area contributed by atoms with Crippen molar-refractivity contribution in [3.8, 4) is 0 Å². The van der Waals surface area contributed by atoms with Gasteiger partial charge in [0.25, 0.3) is 0 Å². The lowest BCUT2D eigenvalue weighted by atomic mass is 10.3. The molecule has 0 unspecified atom stereocenters. The van der Waals surface area contributed by atoms with Crippen LogP contribution in [0.1, 0.15) is 12.8 Å². The van der Waals surface area contributed by atoms with Crippen molar-refractivity contribution >= 4 is 32.4 Å². The number of aromatic nitrogens is 1. The molecule has 1 aromatic heterocycles. The van der Waals surface area contributed by atoms with Gasteiger partial charge in [-0.05, 0) is 31.5 Å². The van der Waals surface area contributed by atoms with Crippen molar-refractivity contribution < 1.29 is 4.21 Å². The van der Waals surface area contributed by atoms with Crippen LogP contribution in [0.2, 0.25) is 0 Å². The van der Waals surface area contributed by atoms with Crippen molar-refractivity contribution in [1.29, 1.82) is 0 Å². The van der Waals surface area contributed by atoms with Crippen LogP contribution in [0.4, 0.5) is 0 Å². The van der Waals surface area contributed by atoms with Gasteiger partial charge in [0.2, 0.25) is 0 Å². The van der Waals surface area contributed by atoms with E-state index in [0.717, 1.165) is 27.5 Å². The number of nitrogens with one attached hydrogen (secondary N) is 1. The Kier molecular flexibility index (Phi) is 3.22. The van der Waals surface area contributed by atoms with Gasteiger partial charge in [0.05, 0.1) is 21.0 Å². The molecule has 2 heterocycles. The van der Waals surface area contributed by atoms with E-state index in [2.05, 4.69) is 10.3 Å². The first kappa shape index (κ1) is 11.3. The Morgan fingerprint density at radius 1 is 1.47 bits per heavy atom. The summed E-state index contributed by atoms with van der Waals surface area (Å²) >= 11 is 1.55. The summed E-state index contributed by atoms with van der Waals surface area (Å²) in [5, 5.41) is 3.37. The van der Waals surface area contributed by atoms with Crippen LogP contribution in [0, 0.1) is 0 Å². The highest BCUT2D eigenvalue weighted by molar-refractivity contribution is 7.87. The lowest BCUT2D eigenvalue weighted by molar-refractivity contribution is 0.643. The van der Waals surface area contributed by atoms with E-state index in [1.54, 1.807) is 11.3 Å². The number of rotatable bonds is 3. The van der Waals surface area contributed by atoms with E-state index in [0.29, 0.717) is 11.8 Å². The molecule has 2 atom stereocenters. The first-order valence-corrected chi connectivity index (χ1v) is 7.94. The molecule has 1 aliphatic rings. The number of hydrogen-bond acceptors (Lipinski definition) is 4. The van der Waals surface area contributed by atoms with Gasteiger partial charge in [0, 0.05) is 11.8 Å². The summed E-state index contributed by atoms with van der Waals surface area (Å²) in [6.45, 7) is 1.06. The van der Waals surface area contributed by atoms with Crippen LogP contribution in [0.25, 0.3) is 10.2 Å². The molecule has 17 heavy (non-hydrogen) atoms. The van der Waals surface area contributed by atoms with E-state index >= 15 is 0 Å². The SMILES string of the molecule is O=[S@](C[C@H]1CCCN1)c1nc2ccccc2s1. The first-order valence-electron chi connectivity index (χ1n) is 5.80. The van der Waals surface area contributed by atoms with Gasteiger partial charge in [-0.3, -0.25) is 4.21 Å². The van der Waals surface area contributed by atoms with Crippen molar-refractivity contribution in [2.24, 2.45) is 0 Å². The summed E-state index contributed by atoms with van der Waals surface area (Å²) < 4.78 is 14.1. The number of benzene rings is 1. The van der Waals surface area contributed by atoms with Crippen LogP contribution in [-0.2, 0) is 10.8 Å². The van der Waals surface area contributed by atoms with Crippen LogP contribution >= 0.6 is 11.3 Å². The lowest BCUT2D eigenvalue weighted by Gasteiger charge is -2.07. The smallest absolute Gasteiger partial charge is 0.181 e. The zero-order chi connectivity index (χ0) is 11.7. The molecule has 0 amide bonds. The minimum absolute atomic E-state index is 0.405. The third-order valence-electron chi connectivity index (χ3n) is 2.98. The highest BCUT2D eigenvalue weighted by Gasteiger charge is 2.19. The Balaban J connectivity index is 1.80. The monoisotopic (exact) mass is 266 g/mol. The van der Waals surface area contributed by atoms with E-state index < -0.39 is 10.8 Å². The van der Waals surface area contributed by atoms with Crippen LogP contribution < -0.4 is 5.32 Å². The van der Waals surface area contributed by atoms with E-state index in [1.807, 2.05) is 24.3 Å². The number of hydrogen-bond donors (Lipinski definition) is 1. The lowest BCUT2D eigenvalue weighted by Crippen LogP contribution is -2.27. The highest BCUT2D eigenvalue weighted by Crippen LogP contribution is 2.24. The molecule has 1 fully saturated rings. The van der Waals surface area contributed by atoms with E-state index in [1.165, 1.54) is 6.42 Å². The van der Waals surface area contributed by atoms with Gasteiger partial charge in [0.15, 0.2) is 4.34 Å². The fourth-order valence-corrected chi connectivity index (χ4v) is 4.64. The third kappa shape index (κ3) is 2.41. The van der Waals surface area contributed by atoms with Crippen molar-refractivity contribution in [2.75, 3.05) is 12.3 Å². The molecule has 0 radical (unpaired) electrons. The summed E-state index contributed by atoms with van der Waals surface area (Å²) in [4.78, 5) is 4.45. The molecule has 1 aliphatic heterocycles. The second-order valence-corrected chi connectivity index (χ2v) is 6.95. The molecular formula is C12H14N2OS2. The van der Waals surface area contributed by atoms with Gasteiger partial charge in [-0.15, -0.1) is 11.3 Å². The minimum atomic E-state index is -0.961. The van der Waals surface area contributed by atoms with Crippen LogP contribution in [0.3, 0.4) is 0 Å². The Labute approximate surface area is 107 Å². The quantitative estimate of drug-likeness (QED) is 0.925. The second-order valence-electron chi connectivity index (χ2n) is 4.25. The number of thiazole rings is 1. The molecule has 90 valence electrons. The van der Waals surface area contributed by atoms with Gasteiger partial charge in [-0.2, -0.15) is 0 Å². The van der Waals surface area contributed by atoms with Crippen LogP contribution in [0.15, 0.2) is 28.6 Å². The number of para-hydroxylation sites is 1. The Morgan fingerprint density at radius 2 is 2.35 bits per heavy atom. The molecule has 1 aromatic carbocycles. The van der Waals surface area contributed by atoms with Crippen molar-refractivity contribution in [3.63, 3.8) is 0 Å². The zero-order valence-corrected chi connectivity index (χ0v) is 11.0. The van der Waals surface area contributed by atoms with Gasteiger partial charge in [0.1, 0.15) is 0 Å². The average Bonchev–Trinajstić information content (AvgIpc) is 2.96. The molecule has 1 N–H and O–H groups in total. The molecular weight excluding hydrogens is 252 g/mol. The van der Waals surface area contributed by atoms with E-state index in [4.69, 9.17) is 0 Å². The fourth-order valence-electron chi connectivity index (χ4n) is 2.10. The maximum absolute atomic E-state index is 12.2. The molecule has 0 aliphatic carbocycles. The van der Waals surface area contributed by atoms with Crippen molar-refractivity contribution in [1.82, 2.24) is 10.3 Å². The maximum atomic E-state index is 12.2. The predicted octanol–water partition coefficient (Wildman–Crippen LogP) is 2.16. The molecule has 0 saturated carbocycles. The Hall–Kier alpha value is -0.780. The van der Waals surface area contributed by atoms with Gasteiger partial charge < -0.3 is 5.32 Å². The molecule has 0 bridgehead atoms. The van der Waals surface area contributed by atoms with Crippen molar-refractivity contribution in [3.05, 3.63) is 24.3 Å². The molecule has 2 aromatic rings. The summed E-state index contributed by atoms with van der Waals surface area (Å²) in [6.07, 6.45) is 2.33. The topological polar surface area (TPSA) is 42.0 Å². The normalized spacial score (nSPS) is 22.0. The molecule has 5 heteroatoms. The molecule has 3 nitrogen and oxygen atoms in total. The number of fused-ring (bicyclic) bond motifs is 1. The third-order valence-corrected chi connectivity index (χ3v) is 5.81.